The molecule has 0 bridgehead atoms. The Morgan fingerprint density at radius 2 is 2.40 bits per heavy atom. The second-order valence-electron chi connectivity index (χ2n) is 3.97. The van der Waals surface area contributed by atoms with Gasteiger partial charge in [-0.05, 0) is 44.5 Å². The van der Waals surface area contributed by atoms with Crippen LogP contribution in [0.1, 0.15) is 48.1 Å². The Morgan fingerprint density at radius 3 is 3.00 bits per heavy atom. The molecule has 0 saturated carbocycles. The van der Waals surface area contributed by atoms with Gasteiger partial charge in [-0.2, -0.15) is 0 Å². The summed E-state index contributed by atoms with van der Waals surface area (Å²) >= 11 is 0. The first kappa shape index (κ1) is 5.83. The molecule has 0 radical (unpaired) electrons. The number of rotatable bonds is 4. The van der Waals surface area contributed by atoms with Crippen molar-refractivity contribution < 1.29 is 8.22 Å². The predicted octanol–water partition coefficient (Wildman–Crippen LogP) is 4.28. The maximum Gasteiger partial charge on any atom is 0.0435 e. The van der Waals surface area contributed by atoms with Gasteiger partial charge in [-0.15, -0.1) is 6.58 Å². The van der Waals surface area contributed by atoms with Crippen molar-refractivity contribution in [2.24, 2.45) is 10.9 Å². The number of nitrogens with zero attached hydrogens (tertiary/aromatic N) is 1. The summed E-state index contributed by atoms with van der Waals surface area (Å²) < 4.78 is 44.1. The summed E-state index contributed by atoms with van der Waals surface area (Å²) in [4.78, 5) is 4.19. The monoisotopic (exact) mass is 209 g/mol. The van der Waals surface area contributed by atoms with E-state index in [1.165, 1.54) is 6.20 Å². The lowest BCUT2D eigenvalue weighted by Gasteiger charge is -2.19. The summed E-state index contributed by atoms with van der Waals surface area (Å²) in [5.41, 5.74) is 2.04. The molecule has 0 aromatic heterocycles. The van der Waals surface area contributed by atoms with Crippen LogP contribution in [0.15, 0.2) is 41.1 Å². The minimum absolute atomic E-state index is 0.118. The molecule has 0 aromatic carbocycles. The van der Waals surface area contributed by atoms with E-state index in [0.29, 0.717) is 24.8 Å². The van der Waals surface area contributed by atoms with Crippen LogP contribution < -0.4 is 0 Å². The molecule has 0 amide bonds. The van der Waals surface area contributed by atoms with Crippen molar-refractivity contribution in [2.45, 2.75) is 39.9 Å². The Labute approximate surface area is 102 Å². The van der Waals surface area contributed by atoms with E-state index in [2.05, 4.69) is 18.2 Å². The third-order valence-electron chi connectivity index (χ3n) is 2.53. The zero-order valence-electron chi connectivity index (χ0n) is 15.1. The molecule has 1 aliphatic heterocycles. The van der Waals surface area contributed by atoms with Gasteiger partial charge in [-0.3, -0.25) is 4.99 Å². The molecule has 0 aromatic rings. The van der Waals surface area contributed by atoms with E-state index in [1.54, 1.807) is 0 Å². The number of aliphatic imine (C=N–C) groups is 1. The van der Waals surface area contributed by atoms with Crippen molar-refractivity contribution >= 4 is 5.71 Å². The standard InChI is InChI=1S/C14H21N/c1-10(2)6-7-11(3)14-8-12(4)13(5)9-15-14/h9,12H,1,3,6-8H2,2,4-5H3/i2D3,5D3. The molecule has 0 saturated heterocycles. The number of hydrogen-bond acceptors (Lipinski definition) is 1. The molecule has 1 atom stereocenters. The third kappa shape index (κ3) is 3.50. The van der Waals surface area contributed by atoms with Crippen LogP contribution in [0.3, 0.4) is 0 Å². The van der Waals surface area contributed by atoms with Crippen molar-refractivity contribution in [2.75, 3.05) is 0 Å². The summed E-state index contributed by atoms with van der Waals surface area (Å²) in [6, 6.07) is 0. The Kier molecular flexibility index (Phi) is 1.99. The van der Waals surface area contributed by atoms with Crippen LogP contribution in [0.25, 0.3) is 0 Å². The van der Waals surface area contributed by atoms with Gasteiger partial charge in [0.1, 0.15) is 0 Å². The molecule has 0 spiro atoms. The fraction of sp³-hybridized carbons (Fsp3) is 0.500. The van der Waals surface area contributed by atoms with E-state index in [9.17, 15) is 0 Å². The van der Waals surface area contributed by atoms with Gasteiger partial charge in [0.15, 0.2) is 0 Å². The zero-order valence-corrected chi connectivity index (χ0v) is 9.14. The van der Waals surface area contributed by atoms with Gasteiger partial charge in [0.05, 0.1) is 0 Å². The number of allylic oxidation sites excluding steroid dienone is 3. The van der Waals surface area contributed by atoms with Crippen molar-refractivity contribution in [1.82, 2.24) is 0 Å². The average molecular weight is 209 g/mol. The van der Waals surface area contributed by atoms with Gasteiger partial charge in [-0.25, -0.2) is 0 Å². The molecule has 1 aliphatic rings. The second kappa shape index (κ2) is 5.11. The molecule has 1 nitrogen and oxygen atoms in total. The highest BCUT2D eigenvalue weighted by molar-refractivity contribution is 6.00. The first-order chi connectivity index (χ1) is 9.43. The van der Waals surface area contributed by atoms with Crippen LogP contribution in [0.2, 0.25) is 0 Å². The molecule has 1 unspecified atom stereocenters. The first-order valence-electron chi connectivity index (χ1n) is 8.06. The van der Waals surface area contributed by atoms with Gasteiger partial charge in [0.2, 0.25) is 0 Å². The predicted molar refractivity (Wildman–Crippen MR) is 68.2 cm³/mol. The van der Waals surface area contributed by atoms with E-state index in [-0.39, 0.29) is 11.5 Å². The summed E-state index contributed by atoms with van der Waals surface area (Å²) in [6.07, 6.45) is 2.72. The van der Waals surface area contributed by atoms with Crippen LogP contribution in [0, 0.1) is 5.92 Å². The maximum absolute atomic E-state index is 7.44. The Bertz CT molecular complexity index is 493. The highest BCUT2D eigenvalue weighted by atomic mass is 14.7. The van der Waals surface area contributed by atoms with Crippen LogP contribution in [0.5, 0.6) is 0 Å². The van der Waals surface area contributed by atoms with Gasteiger partial charge in [-0.1, -0.05) is 24.6 Å². The Hall–Kier alpha value is -1.11. The molecule has 0 N–H and O–H groups in total. The molecule has 0 aliphatic carbocycles. The first-order valence-corrected chi connectivity index (χ1v) is 5.06. The Morgan fingerprint density at radius 1 is 1.60 bits per heavy atom. The topological polar surface area (TPSA) is 12.4 Å². The number of hydrogen-bond donors (Lipinski definition) is 0. The molecular weight excluding hydrogens is 182 g/mol. The Balaban J connectivity index is 2.71. The minimum atomic E-state index is -2.14. The highest BCUT2D eigenvalue weighted by Crippen LogP contribution is 2.23. The lowest BCUT2D eigenvalue weighted by atomic mass is 9.90. The van der Waals surface area contributed by atoms with Gasteiger partial charge < -0.3 is 0 Å². The lowest BCUT2D eigenvalue weighted by Crippen LogP contribution is -2.12. The van der Waals surface area contributed by atoms with Crippen LogP contribution in [0.4, 0.5) is 0 Å². The van der Waals surface area contributed by atoms with Crippen molar-refractivity contribution in [3.8, 4) is 0 Å². The van der Waals surface area contributed by atoms with E-state index in [4.69, 9.17) is 8.22 Å². The van der Waals surface area contributed by atoms with Crippen molar-refractivity contribution in [3.63, 3.8) is 0 Å². The van der Waals surface area contributed by atoms with Crippen LogP contribution in [-0.4, -0.2) is 5.71 Å². The van der Waals surface area contributed by atoms with E-state index in [1.807, 2.05) is 6.92 Å². The summed E-state index contributed by atoms with van der Waals surface area (Å²) in [5, 5.41) is 0. The maximum atomic E-state index is 7.44. The van der Waals surface area contributed by atoms with Gasteiger partial charge in [0.25, 0.3) is 0 Å². The summed E-state index contributed by atoms with van der Waals surface area (Å²) in [6.45, 7) is 5.09. The fourth-order valence-corrected chi connectivity index (χ4v) is 1.41. The quantitative estimate of drug-likeness (QED) is 0.613. The van der Waals surface area contributed by atoms with Crippen LogP contribution >= 0.6 is 0 Å². The smallest absolute Gasteiger partial charge is 0.0435 e. The van der Waals surface area contributed by atoms with Crippen molar-refractivity contribution in [1.29, 1.82) is 0 Å². The van der Waals surface area contributed by atoms with Crippen molar-refractivity contribution in [3.05, 3.63) is 36.1 Å². The molecular formula is C14H21N. The average Bonchev–Trinajstić information content (AvgIpc) is 2.32. The normalized spacial score (nSPS) is 28.2. The van der Waals surface area contributed by atoms with E-state index >= 15 is 0 Å². The summed E-state index contributed by atoms with van der Waals surface area (Å²) in [5.74, 6) is -0.118. The lowest BCUT2D eigenvalue weighted by molar-refractivity contribution is 0.699. The molecule has 1 heteroatoms. The van der Waals surface area contributed by atoms with Crippen LogP contribution in [-0.2, 0) is 0 Å². The molecule has 1 heterocycles. The van der Waals surface area contributed by atoms with E-state index in [0.717, 1.165) is 11.3 Å². The molecule has 15 heavy (non-hydrogen) atoms. The highest BCUT2D eigenvalue weighted by Gasteiger charge is 2.14. The van der Waals surface area contributed by atoms with E-state index < -0.39 is 13.7 Å². The van der Waals surface area contributed by atoms with Gasteiger partial charge in [0, 0.05) is 20.1 Å². The molecule has 82 valence electrons. The minimum Gasteiger partial charge on any atom is -0.261 e. The zero-order chi connectivity index (χ0) is 16.4. The SMILES string of the molecule is [2H]C([2H])([2H])C(=C)CCC(=C)C1=NC=C(C([2H])([2H])[2H])C(C)C1. The second-order valence-corrected chi connectivity index (χ2v) is 3.97. The van der Waals surface area contributed by atoms with Gasteiger partial charge >= 0.3 is 0 Å². The molecule has 1 rings (SSSR count). The molecule has 0 fully saturated rings. The fourth-order valence-electron chi connectivity index (χ4n) is 1.41. The largest absolute Gasteiger partial charge is 0.261 e. The third-order valence-corrected chi connectivity index (χ3v) is 2.53. The summed E-state index contributed by atoms with van der Waals surface area (Å²) in [7, 11) is 0.